The van der Waals surface area contributed by atoms with E-state index in [1.807, 2.05) is 6.92 Å². The highest BCUT2D eigenvalue weighted by Gasteiger charge is 2.25. The van der Waals surface area contributed by atoms with Crippen molar-refractivity contribution in [1.82, 2.24) is 0 Å². The quantitative estimate of drug-likeness (QED) is 0.498. The SMILES string of the molecule is CCOC(=O)CCCC[C@H]1CC[C@H](c2cccc(F)c2F)CC1. The lowest BCUT2D eigenvalue weighted by molar-refractivity contribution is -0.143. The first kappa shape index (κ1) is 17.9. The third-order valence-electron chi connectivity index (χ3n) is 4.82. The molecule has 1 aromatic rings. The molecule has 4 heteroatoms. The summed E-state index contributed by atoms with van der Waals surface area (Å²) in [6, 6.07) is 4.48. The number of esters is 1. The number of rotatable bonds is 7. The van der Waals surface area contributed by atoms with Crippen LogP contribution in [-0.2, 0) is 9.53 Å². The van der Waals surface area contributed by atoms with Gasteiger partial charge in [-0.05, 0) is 62.5 Å². The van der Waals surface area contributed by atoms with Crippen molar-refractivity contribution >= 4 is 5.97 Å². The van der Waals surface area contributed by atoms with Crippen LogP contribution in [0.25, 0.3) is 0 Å². The summed E-state index contributed by atoms with van der Waals surface area (Å²) in [6.45, 7) is 2.26. The summed E-state index contributed by atoms with van der Waals surface area (Å²) < 4.78 is 32.1. The molecule has 0 radical (unpaired) electrons. The van der Waals surface area contributed by atoms with Gasteiger partial charge in [0.1, 0.15) is 0 Å². The molecule has 0 heterocycles. The Hall–Kier alpha value is -1.45. The molecule has 2 rings (SSSR count). The first-order chi connectivity index (χ1) is 11.1. The number of halogens is 2. The summed E-state index contributed by atoms with van der Waals surface area (Å²) in [5, 5.41) is 0. The molecule has 23 heavy (non-hydrogen) atoms. The van der Waals surface area contributed by atoms with E-state index in [0.717, 1.165) is 44.9 Å². The van der Waals surface area contributed by atoms with E-state index in [1.54, 1.807) is 12.1 Å². The minimum Gasteiger partial charge on any atom is -0.466 e. The van der Waals surface area contributed by atoms with Crippen LogP contribution >= 0.6 is 0 Å². The van der Waals surface area contributed by atoms with Crippen molar-refractivity contribution < 1.29 is 18.3 Å². The van der Waals surface area contributed by atoms with Crippen molar-refractivity contribution in [3.05, 3.63) is 35.4 Å². The second kappa shape index (κ2) is 8.99. The average molecular weight is 324 g/mol. The van der Waals surface area contributed by atoms with Crippen LogP contribution in [0.4, 0.5) is 8.78 Å². The third kappa shape index (κ3) is 5.29. The van der Waals surface area contributed by atoms with E-state index in [-0.39, 0.29) is 11.9 Å². The molecule has 1 aliphatic rings. The van der Waals surface area contributed by atoms with Crippen LogP contribution in [0, 0.1) is 17.6 Å². The highest BCUT2D eigenvalue weighted by atomic mass is 19.2. The predicted molar refractivity (Wildman–Crippen MR) is 86.2 cm³/mol. The first-order valence-corrected chi connectivity index (χ1v) is 8.71. The molecule has 0 aliphatic heterocycles. The normalized spacial score (nSPS) is 21.2. The summed E-state index contributed by atoms with van der Waals surface area (Å²) >= 11 is 0. The lowest BCUT2D eigenvalue weighted by Crippen LogP contribution is -2.15. The van der Waals surface area contributed by atoms with Gasteiger partial charge in [-0.2, -0.15) is 0 Å². The van der Waals surface area contributed by atoms with Gasteiger partial charge >= 0.3 is 5.97 Å². The Labute approximate surface area is 137 Å². The molecular formula is C19H26F2O2. The second-order valence-corrected chi connectivity index (χ2v) is 6.41. The number of benzene rings is 1. The monoisotopic (exact) mass is 324 g/mol. The Morgan fingerprint density at radius 1 is 1.17 bits per heavy atom. The molecule has 0 aromatic heterocycles. The number of unbranched alkanes of at least 4 members (excludes halogenated alkanes) is 1. The highest BCUT2D eigenvalue weighted by Crippen LogP contribution is 2.38. The van der Waals surface area contributed by atoms with Gasteiger partial charge in [0.15, 0.2) is 11.6 Å². The molecule has 0 unspecified atom stereocenters. The third-order valence-corrected chi connectivity index (χ3v) is 4.82. The smallest absolute Gasteiger partial charge is 0.305 e. The van der Waals surface area contributed by atoms with E-state index in [1.165, 1.54) is 6.07 Å². The van der Waals surface area contributed by atoms with Crippen LogP contribution in [0.5, 0.6) is 0 Å². The van der Waals surface area contributed by atoms with E-state index in [0.29, 0.717) is 24.5 Å². The summed E-state index contributed by atoms with van der Waals surface area (Å²) in [6.07, 6.45) is 7.46. The first-order valence-electron chi connectivity index (χ1n) is 8.71. The van der Waals surface area contributed by atoms with Gasteiger partial charge in [-0.25, -0.2) is 8.78 Å². The fourth-order valence-corrected chi connectivity index (χ4v) is 3.53. The largest absolute Gasteiger partial charge is 0.466 e. The molecule has 1 saturated carbocycles. The van der Waals surface area contributed by atoms with E-state index in [4.69, 9.17) is 4.74 Å². The molecular weight excluding hydrogens is 298 g/mol. The van der Waals surface area contributed by atoms with Crippen molar-refractivity contribution in [3.8, 4) is 0 Å². The van der Waals surface area contributed by atoms with E-state index < -0.39 is 11.6 Å². The second-order valence-electron chi connectivity index (χ2n) is 6.41. The van der Waals surface area contributed by atoms with Crippen LogP contribution in [-0.4, -0.2) is 12.6 Å². The van der Waals surface area contributed by atoms with Crippen LogP contribution in [0.2, 0.25) is 0 Å². The summed E-state index contributed by atoms with van der Waals surface area (Å²) in [4.78, 5) is 11.3. The van der Waals surface area contributed by atoms with Crippen LogP contribution < -0.4 is 0 Å². The maximum Gasteiger partial charge on any atom is 0.305 e. The van der Waals surface area contributed by atoms with Gasteiger partial charge in [0.25, 0.3) is 0 Å². The van der Waals surface area contributed by atoms with E-state index in [9.17, 15) is 13.6 Å². The van der Waals surface area contributed by atoms with Gasteiger partial charge in [-0.1, -0.05) is 25.0 Å². The molecule has 1 aromatic carbocycles. The van der Waals surface area contributed by atoms with E-state index >= 15 is 0 Å². The van der Waals surface area contributed by atoms with Gasteiger partial charge in [-0.15, -0.1) is 0 Å². The Morgan fingerprint density at radius 2 is 1.91 bits per heavy atom. The lowest BCUT2D eigenvalue weighted by Gasteiger charge is -2.29. The minimum atomic E-state index is -0.747. The van der Waals surface area contributed by atoms with Gasteiger partial charge in [0, 0.05) is 6.42 Å². The van der Waals surface area contributed by atoms with Gasteiger partial charge in [-0.3, -0.25) is 4.79 Å². The predicted octanol–water partition coefficient (Wildman–Crippen LogP) is 5.36. The van der Waals surface area contributed by atoms with Crippen molar-refractivity contribution in [2.45, 2.75) is 64.2 Å². The number of ether oxygens (including phenoxy) is 1. The molecule has 1 fully saturated rings. The fourth-order valence-electron chi connectivity index (χ4n) is 3.53. The van der Waals surface area contributed by atoms with Gasteiger partial charge in [0.2, 0.25) is 0 Å². The van der Waals surface area contributed by atoms with Gasteiger partial charge < -0.3 is 4.74 Å². The minimum absolute atomic E-state index is 0.113. The standard InChI is InChI=1S/C19H26F2O2/c1-2-23-18(22)9-4-3-6-14-10-12-15(13-11-14)16-7-5-8-17(20)19(16)21/h5,7-8,14-15H,2-4,6,9-13H2,1H3/t14-,15-. The topological polar surface area (TPSA) is 26.3 Å². The van der Waals surface area contributed by atoms with Crippen molar-refractivity contribution in [2.24, 2.45) is 5.92 Å². The zero-order valence-electron chi connectivity index (χ0n) is 13.8. The molecule has 0 saturated heterocycles. The molecule has 0 amide bonds. The Morgan fingerprint density at radius 3 is 2.61 bits per heavy atom. The molecule has 0 N–H and O–H groups in total. The Kier molecular flexibility index (Phi) is 7.00. The molecule has 0 atom stereocenters. The van der Waals surface area contributed by atoms with E-state index in [2.05, 4.69) is 0 Å². The lowest BCUT2D eigenvalue weighted by atomic mass is 9.77. The Balaban J connectivity index is 1.70. The number of hydrogen-bond donors (Lipinski definition) is 0. The van der Waals surface area contributed by atoms with Crippen molar-refractivity contribution in [1.29, 1.82) is 0 Å². The summed E-state index contributed by atoms with van der Waals surface area (Å²) in [5.41, 5.74) is 0.533. The van der Waals surface area contributed by atoms with Crippen LogP contribution in [0.15, 0.2) is 18.2 Å². The maximum absolute atomic E-state index is 13.9. The highest BCUT2D eigenvalue weighted by molar-refractivity contribution is 5.69. The summed E-state index contributed by atoms with van der Waals surface area (Å²) in [5.74, 6) is -0.752. The molecule has 0 spiro atoms. The maximum atomic E-state index is 13.9. The fraction of sp³-hybridized carbons (Fsp3) is 0.632. The average Bonchev–Trinajstić information content (AvgIpc) is 2.55. The number of carbonyl (C=O) groups is 1. The van der Waals surface area contributed by atoms with Gasteiger partial charge in [0.05, 0.1) is 6.61 Å². The molecule has 128 valence electrons. The zero-order chi connectivity index (χ0) is 16.7. The molecule has 0 bridgehead atoms. The number of hydrogen-bond acceptors (Lipinski definition) is 2. The summed E-state index contributed by atoms with van der Waals surface area (Å²) in [7, 11) is 0. The van der Waals surface area contributed by atoms with Crippen LogP contribution in [0.3, 0.4) is 0 Å². The molecule has 2 nitrogen and oxygen atoms in total. The Bertz CT molecular complexity index is 508. The number of carbonyl (C=O) groups excluding carboxylic acids is 1. The molecule has 1 aliphatic carbocycles. The van der Waals surface area contributed by atoms with Crippen LogP contribution in [0.1, 0.15) is 69.8 Å². The van der Waals surface area contributed by atoms with Crippen molar-refractivity contribution in [2.75, 3.05) is 6.61 Å². The van der Waals surface area contributed by atoms with Crippen molar-refractivity contribution in [3.63, 3.8) is 0 Å². The zero-order valence-corrected chi connectivity index (χ0v) is 13.8.